The Hall–Kier alpha value is -1.22. The maximum Gasteiger partial charge on any atom is 0.190 e. The van der Waals surface area contributed by atoms with E-state index in [1.807, 2.05) is 30.3 Å². The fourth-order valence-corrected chi connectivity index (χ4v) is 2.66. The van der Waals surface area contributed by atoms with Crippen LogP contribution >= 0.6 is 21.0 Å². The molecule has 0 amide bonds. The summed E-state index contributed by atoms with van der Waals surface area (Å²) in [6.07, 6.45) is 1.74. The highest BCUT2D eigenvalue weighted by atomic mass is 127. The van der Waals surface area contributed by atoms with Crippen LogP contribution in [-0.4, -0.2) is 9.97 Å². The number of aliphatic imine (C=N–C) groups is 1. The molecule has 1 aliphatic rings. The van der Waals surface area contributed by atoms with Crippen LogP contribution in [0.3, 0.4) is 0 Å². The Kier molecular flexibility index (Phi) is 2.36. The van der Waals surface area contributed by atoms with Crippen LogP contribution in [0.4, 0.5) is 5.69 Å². The Morgan fingerprint density at radius 2 is 2.08 bits per heavy atom. The monoisotopic (exact) mass is 283 g/mol. The average molecular weight is 283 g/mol. The third-order valence-corrected chi connectivity index (χ3v) is 3.84. The molecule has 0 fully saturated rings. The van der Waals surface area contributed by atoms with Gasteiger partial charge >= 0.3 is 0 Å². The Morgan fingerprint density at radius 3 is 2.69 bits per heavy atom. The first-order valence-corrected chi connectivity index (χ1v) is 5.75. The van der Waals surface area contributed by atoms with Crippen LogP contribution in [0.15, 0.2) is 35.3 Å². The number of nitrogens with zero attached hydrogens (tertiary/aromatic N) is 3. The molecule has 64 valence electrons. The van der Waals surface area contributed by atoms with E-state index in [9.17, 15) is 0 Å². The zero-order valence-corrected chi connectivity index (χ0v) is 8.84. The molecule has 2 rings (SSSR count). The van der Waals surface area contributed by atoms with Crippen LogP contribution in [0.25, 0.3) is 0 Å². The van der Waals surface area contributed by atoms with Crippen LogP contribution < -0.4 is 3.11 Å². The Labute approximate surface area is 86.4 Å². The Morgan fingerprint density at radius 1 is 1.31 bits per heavy atom. The molecule has 4 heteroatoms. The van der Waals surface area contributed by atoms with Gasteiger partial charge in [0.1, 0.15) is 12.4 Å². The average Bonchev–Trinajstić information content (AvgIpc) is 2.67. The first kappa shape index (κ1) is 8.38. The zero-order valence-electron chi connectivity index (χ0n) is 6.68. The van der Waals surface area contributed by atoms with Gasteiger partial charge in [-0.3, -0.25) is 3.11 Å². The molecule has 0 aliphatic carbocycles. The van der Waals surface area contributed by atoms with Crippen molar-refractivity contribution in [3.8, 4) is 6.07 Å². The first-order valence-electron chi connectivity index (χ1n) is 3.71. The lowest BCUT2D eigenvalue weighted by atomic mass is 10.3. The highest BCUT2D eigenvalue weighted by molar-refractivity contribution is 14.2. The second-order valence-corrected chi connectivity index (χ2v) is 4.92. The van der Waals surface area contributed by atoms with E-state index >= 15 is 0 Å². The minimum atomic E-state index is -0.402. The SMILES string of the molecule is N#CC1=IN(c2ccccc2)C=N1. The molecule has 1 aromatic carbocycles. The maximum absolute atomic E-state index is 8.63. The molecule has 0 atom stereocenters. The van der Waals surface area contributed by atoms with Crippen molar-refractivity contribution in [1.29, 1.82) is 5.26 Å². The van der Waals surface area contributed by atoms with Crippen molar-refractivity contribution in [3.05, 3.63) is 30.3 Å². The normalized spacial score (nSPS) is 14.7. The molecule has 0 N–H and O–H groups in total. The molecule has 0 aromatic heterocycles. The van der Waals surface area contributed by atoms with E-state index < -0.39 is 21.0 Å². The van der Waals surface area contributed by atoms with Crippen molar-refractivity contribution in [2.45, 2.75) is 0 Å². The number of para-hydroxylation sites is 1. The number of hydrogen-bond donors (Lipinski definition) is 0. The van der Waals surface area contributed by atoms with Gasteiger partial charge in [-0.1, -0.05) is 18.2 Å². The van der Waals surface area contributed by atoms with Gasteiger partial charge in [0.25, 0.3) is 0 Å². The summed E-state index contributed by atoms with van der Waals surface area (Å²) < 4.78 is 2.72. The molecular weight excluding hydrogens is 277 g/mol. The Bertz CT molecular complexity index is 403. The van der Waals surface area contributed by atoms with Crippen molar-refractivity contribution in [1.82, 2.24) is 0 Å². The highest BCUT2D eigenvalue weighted by Crippen LogP contribution is 2.23. The van der Waals surface area contributed by atoms with Crippen molar-refractivity contribution >= 4 is 36.7 Å². The third-order valence-electron chi connectivity index (χ3n) is 1.54. The molecule has 1 heterocycles. The molecule has 0 saturated carbocycles. The minimum absolute atomic E-state index is 0.402. The second-order valence-electron chi connectivity index (χ2n) is 2.38. The summed E-state index contributed by atoms with van der Waals surface area (Å²) in [6.45, 7) is 0. The molecule has 13 heavy (non-hydrogen) atoms. The van der Waals surface area contributed by atoms with E-state index in [-0.39, 0.29) is 0 Å². The summed E-state index contributed by atoms with van der Waals surface area (Å²) in [6, 6.07) is 12.1. The number of benzene rings is 1. The van der Waals surface area contributed by atoms with Crippen molar-refractivity contribution < 1.29 is 0 Å². The summed E-state index contributed by atoms with van der Waals surface area (Å²) in [5, 5.41) is 8.63. The molecular formula is C9H6IN3. The van der Waals surface area contributed by atoms with Gasteiger partial charge in [-0.2, -0.15) is 5.26 Å². The maximum atomic E-state index is 8.63. The number of hydrogen-bond acceptors (Lipinski definition) is 3. The van der Waals surface area contributed by atoms with E-state index in [0.29, 0.717) is 3.63 Å². The lowest BCUT2D eigenvalue weighted by Crippen LogP contribution is -2.03. The van der Waals surface area contributed by atoms with E-state index in [1.165, 1.54) is 0 Å². The van der Waals surface area contributed by atoms with Crippen molar-refractivity contribution in [2.24, 2.45) is 4.99 Å². The summed E-state index contributed by atoms with van der Waals surface area (Å²) in [7, 11) is 0. The van der Waals surface area contributed by atoms with Crippen molar-refractivity contribution in [3.63, 3.8) is 0 Å². The number of halogens is 1. The number of anilines is 1. The highest BCUT2D eigenvalue weighted by Gasteiger charge is 2.08. The lowest BCUT2D eigenvalue weighted by Gasteiger charge is -2.08. The second kappa shape index (κ2) is 3.66. The summed E-state index contributed by atoms with van der Waals surface area (Å²) >= 11 is -0.402. The van der Waals surface area contributed by atoms with Crippen molar-refractivity contribution in [2.75, 3.05) is 3.11 Å². The molecule has 0 radical (unpaired) electrons. The first-order chi connectivity index (χ1) is 6.40. The smallest absolute Gasteiger partial charge is 0.190 e. The topological polar surface area (TPSA) is 39.4 Å². The van der Waals surface area contributed by atoms with Gasteiger partial charge in [0.2, 0.25) is 0 Å². The van der Waals surface area contributed by atoms with E-state index in [0.717, 1.165) is 5.69 Å². The minimum Gasteiger partial charge on any atom is -0.276 e. The van der Waals surface area contributed by atoms with Crippen LogP contribution in [0, 0.1) is 11.3 Å². The quantitative estimate of drug-likeness (QED) is 0.584. The predicted molar refractivity (Wildman–Crippen MR) is 62.1 cm³/mol. The summed E-state index contributed by atoms with van der Waals surface area (Å²) in [5.74, 6) is 0. The number of nitriles is 1. The van der Waals surface area contributed by atoms with Gasteiger partial charge < -0.3 is 0 Å². The molecule has 0 spiro atoms. The van der Waals surface area contributed by atoms with Gasteiger partial charge in [-0.25, -0.2) is 4.99 Å². The summed E-state index contributed by atoms with van der Waals surface area (Å²) in [4.78, 5) is 4.02. The van der Waals surface area contributed by atoms with Gasteiger partial charge in [0.05, 0.1) is 5.69 Å². The largest absolute Gasteiger partial charge is 0.276 e. The molecule has 0 unspecified atom stereocenters. The van der Waals surface area contributed by atoms with Gasteiger partial charge in [-0.15, -0.1) is 0 Å². The zero-order chi connectivity index (χ0) is 9.10. The fraction of sp³-hybridized carbons (Fsp3) is 0. The van der Waals surface area contributed by atoms with E-state index in [1.54, 1.807) is 6.34 Å². The fourth-order valence-electron chi connectivity index (χ4n) is 0.965. The van der Waals surface area contributed by atoms with Gasteiger partial charge in [0.15, 0.2) is 3.63 Å². The van der Waals surface area contributed by atoms with E-state index in [4.69, 9.17) is 5.26 Å². The van der Waals surface area contributed by atoms with E-state index in [2.05, 4.69) is 14.2 Å². The van der Waals surface area contributed by atoms with Crippen LogP contribution in [0.1, 0.15) is 0 Å². The van der Waals surface area contributed by atoms with Crippen LogP contribution in [0.5, 0.6) is 0 Å². The van der Waals surface area contributed by atoms with Gasteiger partial charge in [-0.05, 0) is 12.1 Å². The molecule has 0 bridgehead atoms. The molecule has 1 aromatic rings. The molecule has 1 aliphatic heterocycles. The predicted octanol–water partition coefficient (Wildman–Crippen LogP) is 2.07. The van der Waals surface area contributed by atoms with Gasteiger partial charge in [0, 0.05) is 21.0 Å². The molecule has 3 nitrogen and oxygen atoms in total. The van der Waals surface area contributed by atoms with Crippen LogP contribution in [0.2, 0.25) is 0 Å². The molecule has 0 saturated heterocycles. The third kappa shape index (κ3) is 1.75. The summed E-state index contributed by atoms with van der Waals surface area (Å²) in [5.41, 5.74) is 1.12. The van der Waals surface area contributed by atoms with Crippen LogP contribution in [-0.2, 0) is 0 Å². The number of rotatable bonds is 1. The Balaban J connectivity index is 2.28. The lowest BCUT2D eigenvalue weighted by molar-refractivity contribution is 1.54. The standard InChI is InChI=1S/C9H6IN3/c11-6-9-10-13(7-12-9)8-4-2-1-3-5-8/h1-5,7H.